The second-order valence-corrected chi connectivity index (χ2v) is 26.0. The van der Waals surface area contributed by atoms with Crippen LogP contribution in [0.2, 0.25) is 0 Å². The molecule has 0 bridgehead atoms. The van der Waals surface area contributed by atoms with E-state index in [0.29, 0.717) is 17.4 Å². The number of likely N-dealkylation sites (N-methyl/N-ethyl adjacent to an activating group) is 1. The number of esters is 2. The summed E-state index contributed by atoms with van der Waals surface area (Å²) in [6.07, 6.45) is 94.6. The molecule has 0 aromatic carbocycles. The van der Waals surface area contributed by atoms with Gasteiger partial charge in [-0.3, -0.25) is 18.6 Å². The molecule has 0 aliphatic carbocycles. The summed E-state index contributed by atoms with van der Waals surface area (Å²) < 4.78 is 34.6. The number of quaternary nitrogens is 1. The number of hydrogen-bond donors (Lipinski definition) is 1. The van der Waals surface area contributed by atoms with E-state index in [2.05, 4.69) is 135 Å². The van der Waals surface area contributed by atoms with Crippen molar-refractivity contribution in [3.63, 3.8) is 0 Å². The molecule has 0 fully saturated rings. The molecule has 0 saturated carbocycles. The van der Waals surface area contributed by atoms with E-state index in [9.17, 15) is 19.0 Å². The van der Waals surface area contributed by atoms with Crippen LogP contribution in [0.5, 0.6) is 0 Å². The zero-order valence-electron chi connectivity index (χ0n) is 56.3. The maximum atomic E-state index is 12.8. The molecule has 2 unspecified atom stereocenters. The number of ether oxygens (including phenoxy) is 2. The molecule has 0 saturated heterocycles. The highest BCUT2D eigenvalue weighted by Crippen LogP contribution is 2.43. The van der Waals surface area contributed by atoms with Gasteiger partial charge < -0.3 is 18.9 Å². The third-order valence-corrected chi connectivity index (χ3v) is 16.0. The minimum Gasteiger partial charge on any atom is -0.462 e. The quantitative estimate of drug-likeness (QED) is 0.0211. The molecule has 2 atom stereocenters. The summed E-state index contributed by atoms with van der Waals surface area (Å²) in [6.45, 7) is 4.27. The predicted molar refractivity (Wildman–Crippen MR) is 371 cm³/mol. The van der Waals surface area contributed by atoms with E-state index in [1.165, 1.54) is 173 Å². The lowest BCUT2D eigenvalue weighted by atomic mass is 10.0. The molecule has 0 heterocycles. The van der Waals surface area contributed by atoms with E-state index in [1.54, 1.807) is 0 Å². The van der Waals surface area contributed by atoms with Crippen molar-refractivity contribution in [2.75, 3.05) is 47.5 Å². The maximum Gasteiger partial charge on any atom is 0.472 e. The highest BCUT2D eigenvalue weighted by molar-refractivity contribution is 7.47. The standard InChI is InChI=1S/C76H132NO8P/c1-6-8-10-12-14-16-18-20-22-24-26-28-30-32-34-35-36-37-38-39-40-41-43-44-46-48-50-52-54-56-58-60-62-64-66-68-75(78)82-72-74(73-84-86(80,81)83-71-70-77(3,4)5)85-76(79)69-67-65-63-61-59-57-55-53-51-49-47-45-42-33-31-29-27-25-23-21-19-17-15-13-11-9-7-2/h9,11,15,17-18,20-21,23-24,26-27,29,33,42,47,49,53,55,59,61,74H,6-8,10,12-14,16,19,22,25,28,30-32,34-41,43-46,48,50-52,54,56-58,60,62-73H2,1-5H3/p+1/b11-9-,17-15-,20-18-,23-21-,26-24-,29-27-,42-33-,49-47-,55-53-,61-59-. The Morgan fingerprint density at radius 2 is 0.663 bits per heavy atom. The van der Waals surface area contributed by atoms with Crippen LogP contribution in [-0.4, -0.2) is 74.9 Å². The van der Waals surface area contributed by atoms with Gasteiger partial charge in [0.05, 0.1) is 27.7 Å². The van der Waals surface area contributed by atoms with Crippen molar-refractivity contribution in [2.45, 2.75) is 302 Å². The second kappa shape index (κ2) is 65.8. The largest absolute Gasteiger partial charge is 0.472 e. The summed E-state index contributed by atoms with van der Waals surface area (Å²) in [4.78, 5) is 35.8. The Morgan fingerprint density at radius 3 is 1.01 bits per heavy atom. The highest BCUT2D eigenvalue weighted by atomic mass is 31.2. The van der Waals surface area contributed by atoms with Crippen molar-refractivity contribution in [2.24, 2.45) is 0 Å². The SMILES string of the molecule is CC/C=C\C/C=C\C/C=C\C/C=C\C/C=C\C/C=C\C/C=C\C/C=C\CCCCC(=O)OC(COC(=O)CCCCCCCCCCCCCCCCCCCCCCCCC/C=C\C/C=C\CCCCCCC)COP(=O)(O)OCC[N+](C)(C)C. The second-order valence-electron chi connectivity index (χ2n) is 24.5. The molecule has 1 N–H and O–H groups in total. The van der Waals surface area contributed by atoms with Gasteiger partial charge in [-0.2, -0.15) is 0 Å². The van der Waals surface area contributed by atoms with E-state index in [0.717, 1.165) is 89.9 Å². The van der Waals surface area contributed by atoms with E-state index >= 15 is 0 Å². The lowest BCUT2D eigenvalue weighted by molar-refractivity contribution is -0.870. The van der Waals surface area contributed by atoms with Crippen molar-refractivity contribution >= 4 is 19.8 Å². The number of unbranched alkanes of at least 4 members (excludes halogenated alkanes) is 30. The fourth-order valence-corrected chi connectivity index (χ4v) is 10.3. The zero-order chi connectivity index (χ0) is 62.6. The molecule has 9 nitrogen and oxygen atoms in total. The van der Waals surface area contributed by atoms with E-state index in [1.807, 2.05) is 21.1 Å². The van der Waals surface area contributed by atoms with Crippen LogP contribution in [0.4, 0.5) is 0 Å². The van der Waals surface area contributed by atoms with Crippen molar-refractivity contribution in [3.8, 4) is 0 Å². The molecule has 0 spiro atoms. The first-order chi connectivity index (χ1) is 42.0. The average Bonchev–Trinajstić information content (AvgIpc) is 3.53. The van der Waals surface area contributed by atoms with Crippen molar-refractivity contribution in [3.05, 3.63) is 122 Å². The number of phosphoric acid groups is 1. The number of carbonyl (C=O) groups is 2. The summed E-state index contributed by atoms with van der Waals surface area (Å²) in [5.41, 5.74) is 0. The third-order valence-electron chi connectivity index (χ3n) is 15.0. The smallest absolute Gasteiger partial charge is 0.462 e. The first kappa shape index (κ1) is 82.4. The minimum absolute atomic E-state index is 0.0179. The molecular weight excluding hydrogens is 1090 g/mol. The normalized spacial score (nSPS) is 13.9. The zero-order valence-corrected chi connectivity index (χ0v) is 57.2. The summed E-state index contributed by atoms with van der Waals surface area (Å²) in [6, 6.07) is 0. The van der Waals surface area contributed by atoms with Crippen LogP contribution in [0, 0.1) is 0 Å². The first-order valence-electron chi connectivity index (χ1n) is 35.3. The number of rotatable bonds is 64. The van der Waals surface area contributed by atoms with Gasteiger partial charge in [0.2, 0.25) is 0 Å². The van der Waals surface area contributed by atoms with Crippen LogP contribution in [0.25, 0.3) is 0 Å². The average molecular weight is 1220 g/mol. The van der Waals surface area contributed by atoms with Crippen LogP contribution in [0.3, 0.4) is 0 Å². The van der Waals surface area contributed by atoms with E-state index in [-0.39, 0.29) is 32.0 Å². The van der Waals surface area contributed by atoms with Crippen LogP contribution in [-0.2, 0) is 32.7 Å². The van der Waals surface area contributed by atoms with Gasteiger partial charge in [0, 0.05) is 12.8 Å². The Morgan fingerprint density at radius 1 is 0.372 bits per heavy atom. The van der Waals surface area contributed by atoms with Crippen LogP contribution < -0.4 is 0 Å². The van der Waals surface area contributed by atoms with Crippen LogP contribution in [0.15, 0.2) is 122 Å². The molecule has 0 aliphatic heterocycles. The molecule has 494 valence electrons. The molecule has 0 aliphatic rings. The van der Waals surface area contributed by atoms with Gasteiger partial charge in [-0.15, -0.1) is 0 Å². The number of nitrogens with zero attached hydrogens (tertiary/aromatic N) is 1. The molecule has 0 aromatic rings. The van der Waals surface area contributed by atoms with Crippen LogP contribution in [0.1, 0.15) is 296 Å². The monoisotopic (exact) mass is 1220 g/mol. The number of carbonyl (C=O) groups excluding carboxylic acids is 2. The van der Waals surface area contributed by atoms with Gasteiger partial charge >= 0.3 is 19.8 Å². The molecular formula is C76H133NO8P+. The van der Waals surface area contributed by atoms with Gasteiger partial charge in [0.25, 0.3) is 0 Å². The molecule has 0 amide bonds. The van der Waals surface area contributed by atoms with E-state index in [4.69, 9.17) is 18.5 Å². The van der Waals surface area contributed by atoms with Gasteiger partial charge in [0.1, 0.15) is 19.8 Å². The topological polar surface area (TPSA) is 108 Å². The number of hydrogen-bond acceptors (Lipinski definition) is 7. The Balaban J connectivity index is 4.09. The Bertz CT molecular complexity index is 1870. The van der Waals surface area contributed by atoms with Crippen molar-refractivity contribution < 1.29 is 42.1 Å². The molecule has 0 radical (unpaired) electrons. The minimum atomic E-state index is -4.41. The predicted octanol–water partition coefficient (Wildman–Crippen LogP) is 23.0. The van der Waals surface area contributed by atoms with E-state index < -0.39 is 26.5 Å². The fourth-order valence-electron chi connectivity index (χ4n) is 9.59. The van der Waals surface area contributed by atoms with Crippen molar-refractivity contribution in [1.82, 2.24) is 0 Å². The lowest BCUT2D eigenvalue weighted by Gasteiger charge is -2.24. The molecule has 10 heteroatoms. The summed E-state index contributed by atoms with van der Waals surface area (Å²) in [5, 5.41) is 0. The van der Waals surface area contributed by atoms with Crippen molar-refractivity contribution in [1.29, 1.82) is 0 Å². The molecule has 0 rings (SSSR count). The van der Waals surface area contributed by atoms with Gasteiger partial charge in [0.15, 0.2) is 6.10 Å². The van der Waals surface area contributed by atoms with Gasteiger partial charge in [-0.1, -0.05) is 296 Å². The van der Waals surface area contributed by atoms with Gasteiger partial charge in [-0.05, 0) is 109 Å². The lowest BCUT2D eigenvalue weighted by Crippen LogP contribution is -2.37. The highest BCUT2D eigenvalue weighted by Gasteiger charge is 2.27. The Kier molecular flexibility index (Phi) is 63.1. The summed E-state index contributed by atoms with van der Waals surface area (Å²) in [7, 11) is 1.44. The first-order valence-corrected chi connectivity index (χ1v) is 36.8. The summed E-state index contributed by atoms with van der Waals surface area (Å²) in [5.74, 6) is -0.847. The molecule has 86 heavy (non-hydrogen) atoms. The molecule has 0 aromatic heterocycles. The van der Waals surface area contributed by atoms with Crippen LogP contribution >= 0.6 is 7.82 Å². The summed E-state index contributed by atoms with van der Waals surface area (Å²) >= 11 is 0. The Labute approximate surface area is 530 Å². The Hall–Kier alpha value is -3.59. The number of allylic oxidation sites excluding steroid dienone is 20. The number of phosphoric ester groups is 1. The maximum absolute atomic E-state index is 12.8. The fraction of sp³-hybridized carbons (Fsp3) is 0.711. The third kappa shape index (κ3) is 69.5. The van der Waals surface area contributed by atoms with Gasteiger partial charge in [-0.25, -0.2) is 4.57 Å².